The molecule has 0 aromatic carbocycles. The second kappa shape index (κ2) is 8.14. The van der Waals surface area contributed by atoms with Gasteiger partial charge in [-0.1, -0.05) is 0 Å². The van der Waals surface area contributed by atoms with Crippen LogP contribution in [0.3, 0.4) is 0 Å². The van der Waals surface area contributed by atoms with Crippen molar-refractivity contribution in [3.8, 4) is 0 Å². The fourth-order valence-corrected chi connectivity index (χ4v) is 5.26. The molecule has 150 valence electrons. The molecule has 2 aromatic heterocycles. The predicted molar refractivity (Wildman–Crippen MR) is 108 cm³/mol. The number of thiophene rings is 1. The first-order chi connectivity index (χ1) is 13.6. The van der Waals surface area contributed by atoms with Crippen LogP contribution in [0.1, 0.15) is 45.1 Å². The van der Waals surface area contributed by atoms with Gasteiger partial charge in [0, 0.05) is 43.0 Å². The van der Waals surface area contributed by atoms with E-state index in [1.165, 1.54) is 10.4 Å². The zero-order valence-corrected chi connectivity index (χ0v) is 16.9. The Hall–Kier alpha value is -2.03. The number of aryl methyl sites for hydroxylation is 1. The Kier molecular flexibility index (Phi) is 5.61. The van der Waals surface area contributed by atoms with Crippen LogP contribution in [0.25, 0.3) is 0 Å². The van der Waals surface area contributed by atoms with Gasteiger partial charge in [0.05, 0.1) is 11.5 Å². The number of fused-ring (bicyclic) bond motifs is 2. The van der Waals surface area contributed by atoms with Gasteiger partial charge in [0.1, 0.15) is 5.60 Å². The second-order valence-corrected chi connectivity index (χ2v) is 8.43. The number of aliphatic hydroxyl groups excluding tert-OH is 1. The molecule has 0 atom stereocenters. The standard InChI is InChI=1S/C20H26N4O3S/c1-14-3-8-22-19(23-14)24-9-5-20(6-10-24)17-15(4-12-27-20)13-16(28-17)18(26)21-7-2-11-25/h3,8,13,25H,2,4-7,9-12H2,1H3,(H,21,26). The first-order valence-electron chi connectivity index (χ1n) is 9.82. The average molecular weight is 403 g/mol. The van der Waals surface area contributed by atoms with E-state index >= 15 is 0 Å². The summed E-state index contributed by atoms with van der Waals surface area (Å²) in [6.45, 7) is 4.91. The maximum absolute atomic E-state index is 12.4. The first-order valence-corrected chi connectivity index (χ1v) is 10.6. The van der Waals surface area contributed by atoms with E-state index in [1.54, 1.807) is 17.5 Å². The van der Waals surface area contributed by atoms with Crippen LogP contribution in [-0.4, -0.2) is 53.8 Å². The smallest absolute Gasteiger partial charge is 0.261 e. The van der Waals surface area contributed by atoms with Gasteiger partial charge in [-0.3, -0.25) is 4.79 Å². The number of hydrogen-bond donors (Lipinski definition) is 2. The third kappa shape index (κ3) is 3.76. The number of piperidine rings is 1. The summed E-state index contributed by atoms with van der Waals surface area (Å²) in [5.74, 6) is 0.717. The lowest BCUT2D eigenvalue weighted by Crippen LogP contribution is -2.46. The van der Waals surface area contributed by atoms with Crippen molar-refractivity contribution in [3.63, 3.8) is 0 Å². The van der Waals surface area contributed by atoms with Gasteiger partial charge in [0.25, 0.3) is 5.91 Å². The van der Waals surface area contributed by atoms with Crippen molar-refractivity contribution >= 4 is 23.2 Å². The second-order valence-electron chi connectivity index (χ2n) is 7.38. The molecule has 1 amide bonds. The molecule has 0 aliphatic carbocycles. The third-order valence-corrected chi connectivity index (χ3v) is 6.81. The fourth-order valence-electron chi connectivity index (χ4n) is 3.93. The number of carbonyl (C=O) groups excluding carboxylic acids is 1. The molecule has 0 bridgehead atoms. The van der Waals surface area contributed by atoms with Crippen LogP contribution in [0, 0.1) is 6.92 Å². The lowest BCUT2D eigenvalue weighted by atomic mass is 9.85. The summed E-state index contributed by atoms with van der Waals surface area (Å²) < 4.78 is 6.31. The number of amides is 1. The molecule has 1 spiro atoms. The van der Waals surface area contributed by atoms with E-state index in [2.05, 4.69) is 20.2 Å². The molecular weight excluding hydrogens is 376 g/mol. The van der Waals surface area contributed by atoms with Crippen LogP contribution in [-0.2, 0) is 16.8 Å². The van der Waals surface area contributed by atoms with Crippen molar-refractivity contribution < 1.29 is 14.6 Å². The normalized spacial score (nSPS) is 18.1. The predicted octanol–water partition coefficient (Wildman–Crippen LogP) is 2.03. The number of nitrogens with one attached hydrogen (secondary N) is 1. The van der Waals surface area contributed by atoms with Crippen molar-refractivity contribution in [1.82, 2.24) is 15.3 Å². The molecule has 4 rings (SSSR count). The van der Waals surface area contributed by atoms with Gasteiger partial charge in [0.2, 0.25) is 5.95 Å². The molecule has 4 heterocycles. The minimum Gasteiger partial charge on any atom is -0.396 e. The Bertz CT molecular complexity index is 846. The lowest BCUT2D eigenvalue weighted by molar-refractivity contribution is -0.0736. The highest BCUT2D eigenvalue weighted by Gasteiger charge is 2.43. The van der Waals surface area contributed by atoms with E-state index in [9.17, 15) is 4.79 Å². The molecule has 28 heavy (non-hydrogen) atoms. The highest BCUT2D eigenvalue weighted by atomic mass is 32.1. The highest BCUT2D eigenvalue weighted by molar-refractivity contribution is 7.14. The maximum atomic E-state index is 12.4. The number of nitrogens with zero attached hydrogens (tertiary/aromatic N) is 3. The van der Waals surface area contributed by atoms with Gasteiger partial charge in [-0.05, 0) is 50.3 Å². The summed E-state index contributed by atoms with van der Waals surface area (Å²) in [7, 11) is 0. The number of ether oxygens (including phenoxy) is 1. The summed E-state index contributed by atoms with van der Waals surface area (Å²) in [4.78, 5) is 25.5. The molecule has 0 saturated carbocycles. The number of aliphatic hydroxyl groups is 1. The SMILES string of the molecule is Cc1ccnc(N2CCC3(CC2)OCCc2cc(C(=O)NCCCO)sc23)n1. The molecule has 0 unspecified atom stereocenters. The minimum atomic E-state index is -0.303. The maximum Gasteiger partial charge on any atom is 0.261 e. The first kappa shape index (κ1) is 19.3. The Morgan fingerprint density at radius 3 is 3.00 bits per heavy atom. The van der Waals surface area contributed by atoms with Crippen LogP contribution in [0.5, 0.6) is 0 Å². The zero-order valence-electron chi connectivity index (χ0n) is 16.1. The Balaban J connectivity index is 1.49. The van der Waals surface area contributed by atoms with Gasteiger partial charge < -0.3 is 20.1 Å². The van der Waals surface area contributed by atoms with Crippen molar-refractivity contribution in [2.24, 2.45) is 0 Å². The Labute approximate surface area is 168 Å². The van der Waals surface area contributed by atoms with E-state index in [4.69, 9.17) is 9.84 Å². The van der Waals surface area contributed by atoms with E-state index in [0.29, 0.717) is 19.6 Å². The fraction of sp³-hybridized carbons (Fsp3) is 0.550. The Morgan fingerprint density at radius 2 is 2.25 bits per heavy atom. The minimum absolute atomic E-state index is 0.0615. The van der Waals surface area contributed by atoms with E-state index < -0.39 is 0 Å². The summed E-state index contributed by atoms with van der Waals surface area (Å²) in [6.07, 6.45) is 4.95. The van der Waals surface area contributed by atoms with Gasteiger partial charge in [-0.15, -0.1) is 11.3 Å². The highest BCUT2D eigenvalue weighted by Crippen LogP contribution is 2.45. The molecule has 2 N–H and O–H groups in total. The molecule has 2 aromatic rings. The van der Waals surface area contributed by atoms with Crippen molar-refractivity contribution in [1.29, 1.82) is 0 Å². The molecule has 8 heteroatoms. The van der Waals surface area contributed by atoms with Crippen LogP contribution in [0.4, 0.5) is 5.95 Å². The zero-order chi connectivity index (χ0) is 19.6. The largest absolute Gasteiger partial charge is 0.396 e. The van der Waals surface area contributed by atoms with Gasteiger partial charge >= 0.3 is 0 Å². The number of aromatic nitrogens is 2. The summed E-state index contributed by atoms with van der Waals surface area (Å²) >= 11 is 1.56. The van der Waals surface area contributed by atoms with E-state index in [0.717, 1.165) is 48.9 Å². The molecule has 0 radical (unpaired) electrons. The van der Waals surface area contributed by atoms with Crippen molar-refractivity contribution in [2.75, 3.05) is 37.7 Å². The van der Waals surface area contributed by atoms with Gasteiger partial charge in [-0.25, -0.2) is 9.97 Å². The topological polar surface area (TPSA) is 87.6 Å². The van der Waals surface area contributed by atoms with Crippen molar-refractivity contribution in [3.05, 3.63) is 39.3 Å². The van der Waals surface area contributed by atoms with E-state index in [1.807, 2.05) is 19.1 Å². The van der Waals surface area contributed by atoms with Crippen LogP contribution in [0.2, 0.25) is 0 Å². The van der Waals surface area contributed by atoms with E-state index in [-0.39, 0.29) is 18.1 Å². The van der Waals surface area contributed by atoms with Crippen LogP contribution >= 0.6 is 11.3 Å². The molecule has 2 aliphatic rings. The quantitative estimate of drug-likeness (QED) is 0.744. The summed E-state index contributed by atoms with van der Waals surface area (Å²) in [6, 6.07) is 3.93. The van der Waals surface area contributed by atoms with Crippen LogP contribution < -0.4 is 10.2 Å². The lowest BCUT2D eigenvalue weighted by Gasteiger charge is -2.43. The molecule has 1 saturated heterocycles. The van der Waals surface area contributed by atoms with Gasteiger partial charge in [0.15, 0.2) is 0 Å². The summed E-state index contributed by atoms with van der Waals surface area (Å²) in [5.41, 5.74) is 1.91. The molecule has 1 fully saturated rings. The number of hydrogen-bond acceptors (Lipinski definition) is 7. The third-order valence-electron chi connectivity index (χ3n) is 5.45. The molecule has 7 nitrogen and oxygen atoms in total. The molecular formula is C20H26N4O3S. The van der Waals surface area contributed by atoms with Crippen molar-refractivity contribution in [2.45, 2.75) is 38.2 Å². The molecule has 2 aliphatic heterocycles. The Morgan fingerprint density at radius 1 is 1.43 bits per heavy atom. The number of anilines is 1. The number of carbonyl (C=O) groups is 1. The summed E-state index contributed by atoms with van der Waals surface area (Å²) in [5, 5.41) is 11.8. The average Bonchev–Trinajstić information content (AvgIpc) is 3.15. The van der Waals surface area contributed by atoms with Crippen LogP contribution in [0.15, 0.2) is 18.3 Å². The van der Waals surface area contributed by atoms with Gasteiger partial charge in [-0.2, -0.15) is 0 Å². The number of rotatable bonds is 5. The monoisotopic (exact) mass is 402 g/mol.